The molecule has 0 atom stereocenters. The van der Waals surface area contributed by atoms with Gasteiger partial charge in [-0.15, -0.1) is 22.7 Å². The van der Waals surface area contributed by atoms with Crippen molar-refractivity contribution in [3.8, 4) is 22.3 Å². The maximum Gasteiger partial charge on any atom is 0.238 e. The number of hydrogen-bond acceptors (Lipinski definition) is 7. The molecule has 0 aliphatic heterocycles. The first-order valence-electron chi connectivity index (χ1n) is 9.79. The van der Waals surface area contributed by atoms with Crippen molar-refractivity contribution < 1.29 is 14.6 Å². The van der Waals surface area contributed by atoms with E-state index in [1.54, 1.807) is 60.7 Å². The number of ketones is 1. The van der Waals surface area contributed by atoms with Gasteiger partial charge in [0.05, 0.1) is 20.9 Å². The first-order chi connectivity index (χ1) is 16.3. The van der Waals surface area contributed by atoms with E-state index < -0.39 is 28.7 Å². The number of nitro groups is 2. The summed E-state index contributed by atoms with van der Waals surface area (Å²) in [7, 11) is 0. The van der Waals surface area contributed by atoms with Crippen molar-refractivity contribution in [2.24, 2.45) is 0 Å². The Bertz CT molecular complexity index is 1300. The monoisotopic (exact) mass is 532 g/mol. The highest BCUT2D eigenvalue weighted by Gasteiger charge is 2.32. The molecule has 2 heterocycles. The molecule has 0 radical (unpaired) electrons. The number of carbonyl (C=O) groups excluding carboxylic acids is 1. The largest absolute Gasteiger partial charge is 0.288 e. The van der Waals surface area contributed by atoms with Crippen LogP contribution < -0.4 is 0 Å². The summed E-state index contributed by atoms with van der Waals surface area (Å²) < 4.78 is 0.190. The lowest BCUT2D eigenvalue weighted by atomic mass is 9.92. The third-order valence-corrected chi connectivity index (χ3v) is 7.77. The van der Waals surface area contributed by atoms with E-state index in [0.29, 0.717) is 32.0 Å². The number of benzene rings is 2. The average molecular weight is 533 g/mol. The summed E-state index contributed by atoms with van der Waals surface area (Å²) in [5.41, 5.74) is 2.13. The van der Waals surface area contributed by atoms with Crippen molar-refractivity contribution in [3.05, 3.63) is 110 Å². The molecule has 0 bridgehead atoms. The van der Waals surface area contributed by atoms with Crippen molar-refractivity contribution >= 4 is 51.7 Å². The molecule has 0 saturated carbocycles. The predicted molar refractivity (Wildman–Crippen MR) is 134 cm³/mol. The van der Waals surface area contributed by atoms with Crippen molar-refractivity contribution in [1.82, 2.24) is 0 Å². The van der Waals surface area contributed by atoms with Gasteiger partial charge < -0.3 is 0 Å². The maximum absolute atomic E-state index is 14.0. The zero-order chi connectivity index (χ0) is 24.4. The van der Waals surface area contributed by atoms with Gasteiger partial charge in [0.15, 0.2) is 5.78 Å². The molecule has 0 aliphatic carbocycles. The highest BCUT2D eigenvalue weighted by atomic mass is 35.5. The molecule has 2 aromatic heterocycles. The Balaban J connectivity index is 1.97. The van der Waals surface area contributed by atoms with Gasteiger partial charge in [0.1, 0.15) is 8.67 Å². The molecule has 4 aromatic rings. The van der Waals surface area contributed by atoms with Crippen LogP contribution >= 0.6 is 45.9 Å². The molecule has 172 valence electrons. The van der Waals surface area contributed by atoms with Crippen LogP contribution in [0.3, 0.4) is 0 Å². The van der Waals surface area contributed by atoms with Gasteiger partial charge in [0, 0.05) is 21.0 Å². The lowest BCUT2D eigenvalue weighted by Crippen LogP contribution is -2.06. The summed E-state index contributed by atoms with van der Waals surface area (Å²) in [6.45, 7) is -1.01. The molecule has 0 saturated heterocycles. The van der Waals surface area contributed by atoms with Gasteiger partial charge in [-0.25, -0.2) is 0 Å². The summed E-state index contributed by atoms with van der Waals surface area (Å²) in [6.07, 6.45) is 0. The SMILES string of the molecule is O=C(c1c(Cl)sc(C[N+](=O)[O-])c1-c1ccccc1)c1c(Cl)sc(C[N+](=O)[O-])c1-c1ccccc1. The van der Waals surface area contributed by atoms with Crippen LogP contribution in [0.5, 0.6) is 0 Å². The zero-order valence-electron chi connectivity index (χ0n) is 17.2. The Kier molecular flexibility index (Phi) is 7.08. The topological polar surface area (TPSA) is 103 Å². The van der Waals surface area contributed by atoms with Gasteiger partial charge in [-0.2, -0.15) is 0 Å². The first kappa shape index (κ1) is 24.0. The van der Waals surface area contributed by atoms with E-state index >= 15 is 0 Å². The second-order valence-electron chi connectivity index (χ2n) is 7.14. The van der Waals surface area contributed by atoms with Crippen molar-refractivity contribution in [2.45, 2.75) is 13.1 Å². The van der Waals surface area contributed by atoms with Gasteiger partial charge in [-0.3, -0.25) is 25.0 Å². The van der Waals surface area contributed by atoms with Gasteiger partial charge in [0.2, 0.25) is 13.1 Å². The Labute approximate surface area is 211 Å². The maximum atomic E-state index is 14.0. The van der Waals surface area contributed by atoms with Gasteiger partial charge >= 0.3 is 0 Å². The van der Waals surface area contributed by atoms with E-state index in [1.807, 2.05) is 0 Å². The van der Waals surface area contributed by atoms with Gasteiger partial charge in [-0.05, 0) is 11.1 Å². The number of carbonyl (C=O) groups is 1. The third kappa shape index (κ3) is 4.74. The average Bonchev–Trinajstić information content (AvgIpc) is 3.29. The molecule has 2 aromatic carbocycles. The van der Waals surface area contributed by atoms with E-state index in [0.717, 1.165) is 22.7 Å². The van der Waals surface area contributed by atoms with Crippen molar-refractivity contribution in [3.63, 3.8) is 0 Å². The van der Waals surface area contributed by atoms with Crippen LogP contribution in [0, 0.1) is 20.2 Å². The fourth-order valence-electron chi connectivity index (χ4n) is 3.70. The Morgan fingerprint density at radius 3 is 1.38 bits per heavy atom. The molecule has 0 N–H and O–H groups in total. The summed E-state index contributed by atoms with van der Waals surface area (Å²) in [5.74, 6) is -0.538. The lowest BCUT2D eigenvalue weighted by Gasteiger charge is -2.09. The molecular formula is C23H14Cl2N2O5S2. The summed E-state index contributed by atoms with van der Waals surface area (Å²) >= 11 is 14.9. The number of thiophene rings is 2. The Hall–Kier alpha value is -3.11. The van der Waals surface area contributed by atoms with E-state index in [9.17, 15) is 25.0 Å². The second-order valence-corrected chi connectivity index (χ2v) is 10.6. The summed E-state index contributed by atoms with van der Waals surface area (Å²) in [4.78, 5) is 36.3. The van der Waals surface area contributed by atoms with Crippen LogP contribution in [0.25, 0.3) is 22.3 Å². The smallest absolute Gasteiger partial charge is 0.238 e. The lowest BCUT2D eigenvalue weighted by molar-refractivity contribution is -0.496. The standard InChI is InChI=1S/C23H14Cl2N2O5S2/c24-22-19(17(13-7-3-1-4-8-13)15(33-22)11-26(29)30)21(28)20-18(14-9-5-2-6-10-14)16(12-27(31)32)34-23(20)25/h1-10H,11-12H2. The molecule has 0 aliphatic rings. The molecule has 0 unspecified atom stereocenters. The third-order valence-electron chi connectivity index (χ3n) is 5.00. The highest BCUT2D eigenvalue weighted by molar-refractivity contribution is 7.18. The van der Waals surface area contributed by atoms with E-state index in [4.69, 9.17) is 23.2 Å². The molecule has 0 spiro atoms. The van der Waals surface area contributed by atoms with Crippen LogP contribution in [0.2, 0.25) is 8.67 Å². The van der Waals surface area contributed by atoms with Crippen molar-refractivity contribution in [2.75, 3.05) is 0 Å². The van der Waals surface area contributed by atoms with E-state index in [1.165, 1.54) is 0 Å². The van der Waals surface area contributed by atoms with E-state index in [-0.39, 0.29) is 19.8 Å². The van der Waals surface area contributed by atoms with Crippen LogP contribution in [0.1, 0.15) is 25.7 Å². The minimum Gasteiger partial charge on any atom is -0.288 e. The van der Waals surface area contributed by atoms with E-state index in [2.05, 4.69) is 0 Å². The predicted octanol–water partition coefficient (Wildman–Crippen LogP) is 7.23. The number of hydrogen-bond donors (Lipinski definition) is 0. The fraction of sp³-hybridized carbons (Fsp3) is 0.0870. The Morgan fingerprint density at radius 1 is 0.706 bits per heavy atom. The highest BCUT2D eigenvalue weighted by Crippen LogP contribution is 2.46. The minimum absolute atomic E-state index is 0.0952. The van der Waals surface area contributed by atoms with Crippen molar-refractivity contribution in [1.29, 1.82) is 0 Å². The quantitative estimate of drug-likeness (QED) is 0.135. The number of rotatable bonds is 8. The minimum atomic E-state index is -0.538. The second kappa shape index (κ2) is 10.0. The molecule has 0 fully saturated rings. The molecule has 4 rings (SSSR count). The molecule has 0 amide bonds. The van der Waals surface area contributed by atoms with Crippen LogP contribution in [0.4, 0.5) is 0 Å². The van der Waals surface area contributed by atoms with Gasteiger partial charge in [-0.1, -0.05) is 83.9 Å². The fourth-order valence-corrected chi connectivity index (χ4v) is 6.63. The molecule has 34 heavy (non-hydrogen) atoms. The molecular weight excluding hydrogens is 519 g/mol. The normalized spacial score (nSPS) is 10.9. The zero-order valence-corrected chi connectivity index (χ0v) is 20.3. The van der Waals surface area contributed by atoms with Crippen LogP contribution in [-0.2, 0) is 13.1 Å². The molecule has 11 heteroatoms. The number of halogens is 2. The van der Waals surface area contributed by atoms with Crippen LogP contribution in [0.15, 0.2) is 60.7 Å². The summed E-state index contributed by atoms with van der Waals surface area (Å²) in [5, 5.41) is 22.6. The van der Waals surface area contributed by atoms with Gasteiger partial charge in [0.25, 0.3) is 0 Å². The molecule has 7 nitrogen and oxygen atoms in total. The number of nitrogens with zero attached hydrogens (tertiary/aromatic N) is 2. The van der Waals surface area contributed by atoms with Crippen LogP contribution in [-0.4, -0.2) is 15.6 Å². The first-order valence-corrected chi connectivity index (χ1v) is 12.2. The summed E-state index contributed by atoms with van der Waals surface area (Å²) in [6, 6.07) is 17.6. The Morgan fingerprint density at radius 2 is 1.06 bits per heavy atom.